The van der Waals surface area contributed by atoms with E-state index in [0.29, 0.717) is 5.92 Å². The molecular formula is C28H30N2PtY. The summed E-state index contributed by atoms with van der Waals surface area (Å²) in [6.45, 7) is 13.5. The van der Waals surface area contributed by atoms with Crippen LogP contribution in [0, 0.1) is 20.4 Å². The molecule has 3 aromatic carbocycles. The van der Waals surface area contributed by atoms with E-state index in [-0.39, 0.29) is 66.6 Å². The molecule has 0 aliphatic heterocycles. The van der Waals surface area contributed by atoms with Crippen molar-refractivity contribution in [1.82, 2.24) is 9.38 Å². The molecule has 0 aliphatic carbocycles. The first-order valence-corrected chi connectivity index (χ1v) is 10.4. The van der Waals surface area contributed by atoms with Crippen LogP contribution in [0.1, 0.15) is 57.2 Å². The van der Waals surface area contributed by atoms with Crippen molar-refractivity contribution in [1.29, 1.82) is 0 Å². The van der Waals surface area contributed by atoms with Gasteiger partial charge < -0.3 is 11.8 Å². The maximum absolute atomic E-state index is 5.04. The zero-order chi connectivity index (χ0) is 20.5. The van der Waals surface area contributed by atoms with Gasteiger partial charge in [-0.05, 0) is 46.0 Å². The Labute approximate surface area is 231 Å². The average Bonchev–Trinajstić information content (AvgIpc) is 3.06. The molecule has 2 heterocycles. The number of aryl methyl sites for hydroxylation is 1. The van der Waals surface area contributed by atoms with Crippen LogP contribution in [0.25, 0.3) is 38.4 Å². The number of nitrogens with zero attached hydrogens (tertiary/aromatic N) is 2. The molecule has 0 unspecified atom stereocenters. The molecule has 0 N–H and O–H groups in total. The van der Waals surface area contributed by atoms with E-state index < -0.39 is 0 Å². The summed E-state index contributed by atoms with van der Waals surface area (Å²) in [6.07, 6.45) is 0. The molecule has 1 radical (unpaired) electrons. The number of pyridine rings is 1. The number of hydrogen-bond donors (Lipinski definition) is 0. The van der Waals surface area contributed by atoms with Crippen molar-refractivity contribution in [3.63, 3.8) is 0 Å². The van der Waals surface area contributed by atoms with Crippen LogP contribution in [-0.2, 0) is 59.2 Å². The van der Waals surface area contributed by atoms with Gasteiger partial charge in [0, 0.05) is 38.2 Å². The summed E-state index contributed by atoms with van der Waals surface area (Å²) < 4.78 is 2.33. The van der Waals surface area contributed by atoms with E-state index in [1.54, 1.807) is 0 Å². The van der Waals surface area contributed by atoms with Crippen molar-refractivity contribution in [3.8, 4) is 0 Å². The van der Waals surface area contributed by atoms with E-state index in [1.807, 2.05) is 6.07 Å². The number of hydrogen-bond acceptors (Lipinski definition) is 1. The van der Waals surface area contributed by atoms with Crippen LogP contribution in [0.5, 0.6) is 0 Å². The van der Waals surface area contributed by atoms with Crippen molar-refractivity contribution >= 4 is 38.4 Å². The molecule has 0 spiro atoms. The first-order chi connectivity index (χ1) is 13.8. The SMILES string of the molecule is Cc1cc[c-]c2c1c1cc(C(C)(C)C)ccc1n1c3cc(C(C)C)ccc3nc21.[CH3-].[Pt+2].[Y]. The van der Waals surface area contributed by atoms with Crippen molar-refractivity contribution in [2.75, 3.05) is 0 Å². The fourth-order valence-corrected chi connectivity index (χ4v) is 4.39. The third-order valence-corrected chi connectivity index (χ3v) is 6.15. The Morgan fingerprint density at radius 1 is 0.969 bits per heavy atom. The summed E-state index contributed by atoms with van der Waals surface area (Å²) in [5.41, 5.74) is 8.49. The third-order valence-electron chi connectivity index (χ3n) is 6.15. The van der Waals surface area contributed by atoms with Gasteiger partial charge in [-0.2, -0.15) is 0 Å². The topological polar surface area (TPSA) is 17.3 Å². The van der Waals surface area contributed by atoms with Crippen molar-refractivity contribution < 1.29 is 53.8 Å². The molecule has 0 fully saturated rings. The molecule has 0 saturated carbocycles. The summed E-state index contributed by atoms with van der Waals surface area (Å²) in [4.78, 5) is 5.04. The van der Waals surface area contributed by atoms with Gasteiger partial charge in [0.2, 0.25) is 0 Å². The predicted octanol–water partition coefficient (Wildman–Crippen LogP) is 7.77. The van der Waals surface area contributed by atoms with E-state index in [9.17, 15) is 0 Å². The molecule has 165 valence electrons. The normalized spacial score (nSPS) is 11.6. The molecule has 0 amide bonds. The smallest absolute Gasteiger partial charge is 0.358 e. The van der Waals surface area contributed by atoms with Gasteiger partial charge in [0.15, 0.2) is 0 Å². The van der Waals surface area contributed by atoms with Crippen molar-refractivity contribution in [3.05, 3.63) is 78.7 Å². The molecule has 2 aromatic heterocycles. The molecular weight excluding hydrogens is 648 g/mol. The molecule has 0 bridgehead atoms. The summed E-state index contributed by atoms with van der Waals surface area (Å²) in [5.74, 6) is 0.484. The summed E-state index contributed by atoms with van der Waals surface area (Å²) >= 11 is 0. The number of rotatable bonds is 1. The van der Waals surface area contributed by atoms with Crippen LogP contribution >= 0.6 is 0 Å². The fourth-order valence-electron chi connectivity index (χ4n) is 4.39. The van der Waals surface area contributed by atoms with Crippen LogP contribution in [0.2, 0.25) is 0 Å². The van der Waals surface area contributed by atoms with E-state index in [4.69, 9.17) is 4.98 Å². The van der Waals surface area contributed by atoms with Gasteiger partial charge in [0.05, 0.1) is 16.7 Å². The second kappa shape index (κ2) is 9.65. The molecule has 5 aromatic rings. The minimum atomic E-state index is 0. The Morgan fingerprint density at radius 3 is 2.34 bits per heavy atom. The van der Waals surface area contributed by atoms with Gasteiger partial charge in [-0.1, -0.05) is 70.5 Å². The van der Waals surface area contributed by atoms with E-state index in [2.05, 4.69) is 94.5 Å². The maximum atomic E-state index is 5.04. The van der Waals surface area contributed by atoms with Gasteiger partial charge >= 0.3 is 21.1 Å². The summed E-state index contributed by atoms with van der Waals surface area (Å²) in [6, 6.07) is 21.3. The second-order valence-corrected chi connectivity index (χ2v) is 9.57. The van der Waals surface area contributed by atoms with Gasteiger partial charge in [-0.15, -0.1) is 23.8 Å². The van der Waals surface area contributed by atoms with Crippen LogP contribution in [-0.4, -0.2) is 9.38 Å². The minimum absolute atomic E-state index is 0. The van der Waals surface area contributed by atoms with E-state index in [0.717, 1.165) is 16.6 Å². The second-order valence-electron chi connectivity index (χ2n) is 9.57. The number of aromatic nitrogens is 2. The van der Waals surface area contributed by atoms with Gasteiger partial charge in [0.25, 0.3) is 0 Å². The van der Waals surface area contributed by atoms with Crippen LogP contribution in [0.3, 0.4) is 0 Å². The zero-order valence-corrected chi connectivity index (χ0v) is 25.1. The third kappa shape index (κ3) is 4.24. The van der Waals surface area contributed by atoms with Crippen LogP contribution in [0.4, 0.5) is 0 Å². The Balaban J connectivity index is 0.00000121. The molecule has 0 atom stereocenters. The standard InChI is InChI=1S/C27H27N2.CH3.Pt.Y/c1-16(2)18-10-12-22-24(14-18)29-23-13-11-19(27(4,5)6)15-21(23)25-17(3)8-7-9-20(25)26(29)28-22;;;/h7-8,10-16H,1-6H3;1H3;;/q2*-1;+2;. The van der Waals surface area contributed by atoms with Crippen molar-refractivity contribution in [2.45, 2.75) is 52.9 Å². The molecule has 32 heavy (non-hydrogen) atoms. The van der Waals surface area contributed by atoms with Gasteiger partial charge in [-0.25, -0.2) is 0 Å². The van der Waals surface area contributed by atoms with Crippen LogP contribution in [0.15, 0.2) is 48.5 Å². The van der Waals surface area contributed by atoms with E-state index >= 15 is 0 Å². The monoisotopic (exact) mass is 678 g/mol. The van der Waals surface area contributed by atoms with Crippen LogP contribution < -0.4 is 0 Å². The fraction of sp³-hybridized carbons (Fsp3) is 0.286. The Bertz CT molecular complexity index is 1420. The zero-order valence-electron chi connectivity index (χ0n) is 20.0. The quantitative estimate of drug-likeness (QED) is 0.131. The summed E-state index contributed by atoms with van der Waals surface area (Å²) in [7, 11) is 0. The average molecular weight is 679 g/mol. The Morgan fingerprint density at radius 2 is 1.69 bits per heavy atom. The predicted molar refractivity (Wildman–Crippen MR) is 130 cm³/mol. The number of imidazole rings is 1. The molecule has 5 rings (SSSR count). The van der Waals surface area contributed by atoms with Gasteiger partial charge in [-0.3, -0.25) is 4.98 Å². The molecule has 2 nitrogen and oxygen atoms in total. The Hall–Kier alpha value is -1.08. The van der Waals surface area contributed by atoms with Gasteiger partial charge in [0.1, 0.15) is 0 Å². The first-order valence-electron chi connectivity index (χ1n) is 10.4. The van der Waals surface area contributed by atoms with E-state index in [1.165, 1.54) is 38.5 Å². The molecule has 0 aliphatic rings. The number of benzene rings is 3. The maximum Gasteiger partial charge on any atom is 2.00 e. The largest absolute Gasteiger partial charge is 2.00 e. The van der Waals surface area contributed by atoms with Crippen molar-refractivity contribution in [2.24, 2.45) is 0 Å². The molecule has 0 saturated heterocycles. The Kier molecular flexibility index (Phi) is 8.20. The number of fused-ring (bicyclic) bond motifs is 8. The first kappa shape index (κ1) is 27.2. The minimum Gasteiger partial charge on any atom is -0.358 e. The summed E-state index contributed by atoms with van der Waals surface area (Å²) in [5, 5.41) is 3.65. The molecule has 4 heteroatoms.